The molecule has 1 aromatic rings. The Morgan fingerprint density at radius 2 is 2.06 bits per heavy atom. The fourth-order valence-electron chi connectivity index (χ4n) is 2.61. The van der Waals surface area contributed by atoms with Gasteiger partial charge in [0.1, 0.15) is 0 Å². The Balaban J connectivity index is 1.45. The summed E-state index contributed by atoms with van der Waals surface area (Å²) in [5, 5.41) is 3.40. The molecule has 0 aliphatic carbocycles. The number of rotatable bonds is 3. The monoisotopic (exact) mass is 271 g/mol. The van der Waals surface area contributed by atoms with Gasteiger partial charge in [-0.05, 0) is 12.1 Å². The van der Waals surface area contributed by atoms with E-state index < -0.39 is 0 Å². The van der Waals surface area contributed by atoms with Crippen molar-refractivity contribution in [3.8, 4) is 0 Å². The first-order chi connectivity index (χ1) is 8.31. The first-order valence-corrected chi connectivity index (χ1v) is 7.42. The van der Waals surface area contributed by atoms with Crippen LogP contribution in [0.1, 0.15) is 4.88 Å². The van der Waals surface area contributed by atoms with E-state index in [1.165, 1.54) is 31.1 Å². The summed E-state index contributed by atoms with van der Waals surface area (Å²) in [4.78, 5) is 6.51. The van der Waals surface area contributed by atoms with Crippen LogP contribution in [0.2, 0.25) is 4.34 Å². The number of hydrogen-bond donors (Lipinski definition) is 1. The number of piperazine rings is 1. The summed E-state index contributed by atoms with van der Waals surface area (Å²) in [6, 6.07) is 4.92. The van der Waals surface area contributed by atoms with Crippen LogP contribution in [0.5, 0.6) is 0 Å². The molecule has 3 heterocycles. The van der Waals surface area contributed by atoms with Gasteiger partial charge >= 0.3 is 0 Å². The summed E-state index contributed by atoms with van der Waals surface area (Å²) in [7, 11) is 0. The molecular weight excluding hydrogens is 254 g/mol. The van der Waals surface area contributed by atoms with Crippen molar-refractivity contribution in [1.29, 1.82) is 0 Å². The molecule has 1 N–H and O–H groups in total. The summed E-state index contributed by atoms with van der Waals surface area (Å²) in [5.74, 6) is 0. The number of halogens is 1. The molecule has 0 amide bonds. The maximum Gasteiger partial charge on any atom is 0.0931 e. The quantitative estimate of drug-likeness (QED) is 0.899. The molecule has 2 fully saturated rings. The Kier molecular flexibility index (Phi) is 3.68. The van der Waals surface area contributed by atoms with Gasteiger partial charge in [0.15, 0.2) is 0 Å². The van der Waals surface area contributed by atoms with Crippen molar-refractivity contribution < 1.29 is 0 Å². The van der Waals surface area contributed by atoms with E-state index in [2.05, 4.69) is 21.2 Å². The van der Waals surface area contributed by atoms with Gasteiger partial charge in [-0.3, -0.25) is 9.80 Å². The highest BCUT2D eigenvalue weighted by molar-refractivity contribution is 7.16. The topological polar surface area (TPSA) is 18.5 Å². The second kappa shape index (κ2) is 5.24. The van der Waals surface area contributed by atoms with E-state index in [-0.39, 0.29) is 0 Å². The fraction of sp³-hybridized carbons (Fsp3) is 0.667. The molecule has 3 rings (SSSR count). The predicted octanol–water partition coefficient (Wildman–Crippen LogP) is 1.49. The van der Waals surface area contributed by atoms with Crippen molar-refractivity contribution in [3.63, 3.8) is 0 Å². The Morgan fingerprint density at radius 3 is 2.71 bits per heavy atom. The van der Waals surface area contributed by atoms with Crippen molar-refractivity contribution >= 4 is 22.9 Å². The van der Waals surface area contributed by atoms with E-state index in [9.17, 15) is 0 Å². The zero-order chi connectivity index (χ0) is 11.7. The molecule has 3 nitrogen and oxygen atoms in total. The number of nitrogens with one attached hydrogen (secondary N) is 1. The van der Waals surface area contributed by atoms with Crippen LogP contribution in [0.15, 0.2) is 12.1 Å². The van der Waals surface area contributed by atoms with Crippen LogP contribution < -0.4 is 5.32 Å². The Morgan fingerprint density at radius 1 is 1.29 bits per heavy atom. The highest BCUT2D eigenvalue weighted by Crippen LogP contribution is 2.25. The molecule has 0 spiro atoms. The van der Waals surface area contributed by atoms with Crippen LogP contribution in [0.25, 0.3) is 0 Å². The lowest BCUT2D eigenvalue weighted by Crippen LogP contribution is -2.62. The summed E-state index contributed by atoms with van der Waals surface area (Å²) < 4.78 is 0.902. The summed E-state index contributed by atoms with van der Waals surface area (Å²) in [6.45, 7) is 8.23. The van der Waals surface area contributed by atoms with Gasteiger partial charge in [0.05, 0.1) is 4.34 Å². The van der Waals surface area contributed by atoms with Crippen LogP contribution in [-0.4, -0.2) is 55.1 Å². The maximum absolute atomic E-state index is 5.94. The van der Waals surface area contributed by atoms with E-state index in [1.807, 2.05) is 6.07 Å². The normalized spacial score (nSPS) is 23.8. The predicted molar refractivity (Wildman–Crippen MR) is 72.8 cm³/mol. The van der Waals surface area contributed by atoms with Crippen molar-refractivity contribution in [2.45, 2.75) is 12.6 Å². The van der Waals surface area contributed by atoms with Gasteiger partial charge in [-0.15, -0.1) is 11.3 Å². The standard InChI is InChI=1S/C12H18ClN3S/c13-12-2-1-11(17-12)9-15-7-10(8-15)16-5-3-14-4-6-16/h1-2,10,14H,3-9H2. The smallest absolute Gasteiger partial charge is 0.0931 e. The molecule has 1 aromatic heterocycles. The first kappa shape index (κ1) is 11.9. The Hall–Kier alpha value is -0.130. The molecule has 0 atom stereocenters. The van der Waals surface area contributed by atoms with Crippen molar-refractivity contribution in [2.75, 3.05) is 39.3 Å². The van der Waals surface area contributed by atoms with Gasteiger partial charge < -0.3 is 5.32 Å². The highest BCUT2D eigenvalue weighted by atomic mass is 35.5. The van der Waals surface area contributed by atoms with Crippen LogP contribution in [0.3, 0.4) is 0 Å². The van der Waals surface area contributed by atoms with Gasteiger partial charge in [0.25, 0.3) is 0 Å². The van der Waals surface area contributed by atoms with Crippen molar-refractivity contribution in [3.05, 3.63) is 21.3 Å². The minimum Gasteiger partial charge on any atom is -0.314 e. The van der Waals surface area contributed by atoms with E-state index in [4.69, 9.17) is 11.6 Å². The lowest BCUT2D eigenvalue weighted by Gasteiger charge is -2.46. The lowest BCUT2D eigenvalue weighted by molar-refractivity contribution is 0.0229. The lowest BCUT2D eigenvalue weighted by atomic mass is 10.1. The second-order valence-electron chi connectivity index (χ2n) is 4.84. The second-order valence-corrected chi connectivity index (χ2v) is 6.64. The van der Waals surface area contributed by atoms with E-state index in [0.717, 1.165) is 30.0 Å². The van der Waals surface area contributed by atoms with Crippen LogP contribution >= 0.6 is 22.9 Å². The molecule has 0 unspecified atom stereocenters. The fourth-order valence-corrected chi connectivity index (χ4v) is 3.74. The first-order valence-electron chi connectivity index (χ1n) is 6.22. The van der Waals surface area contributed by atoms with Crippen LogP contribution in [0.4, 0.5) is 0 Å². The third-order valence-corrected chi connectivity index (χ3v) is 4.83. The number of thiophene rings is 1. The minimum absolute atomic E-state index is 0.785. The summed E-state index contributed by atoms with van der Waals surface area (Å²) in [6.07, 6.45) is 0. The molecule has 0 aromatic carbocycles. The molecule has 2 aliphatic heterocycles. The van der Waals surface area contributed by atoms with Crippen LogP contribution in [0, 0.1) is 0 Å². The Bertz CT molecular complexity index is 370. The van der Waals surface area contributed by atoms with Gasteiger partial charge in [-0.25, -0.2) is 0 Å². The van der Waals surface area contributed by atoms with Gasteiger partial charge in [0.2, 0.25) is 0 Å². The van der Waals surface area contributed by atoms with Gasteiger partial charge in [-0.1, -0.05) is 11.6 Å². The summed E-state index contributed by atoms with van der Waals surface area (Å²) in [5.41, 5.74) is 0. The average Bonchev–Trinajstić information content (AvgIpc) is 2.70. The van der Waals surface area contributed by atoms with Crippen LogP contribution in [-0.2, 0) is 6.54 Å². The van der Waals surface area contributed by atoms with Crippen molar-refractivity contribution in [1.82, 2.24) is 15.1 Å². The number of hydrogen-bond acceptors (Lipinski definition) is 4. The van der Waals surface area contributed by atoms with Gasteiger partial charge in [-0.2, -0.15) is 0 Å². The van der Waals surface area contributed by atoms with E-state index in [1.54, 1.807) is 11.3 Å². The molecule has 2 aliphatic rings. The third kappa shape index (κ3) is 2.83. The zero-order valence-corrected chi connectivity index (χ0v) is 11.4. The SMILES string of the molecule is Clc1ccc(CN2CC(N3CCNCC3)C2)s1. The largest absolute Gasteiger partial charge is 0.314 e. The average molecular weight is 272 g/mol. The molecule has 94 valence electrons. The zero-order valence-electron chi connectivity index (χ0n) is 9.86. The third-order valence-electron chi connectivity index (χ3n) is 3.61. The molecule has 0 bridgehead atoms. The summed E-state index contributed by atoms with van der Waals surface area (Å²) >= 11 is 7.64. The Labute approximate surface area is 111 Å². The van der Waals surface area contributed by atoms with Crippen molar-refractivity contribution in [2.24, 2.45) is 0 Å². The molecule has 0 saturated carbocycles. The molecule has 17 heavy (non-hydrogen) atoms. The number of likely N-dealkylation sites (tertiary alicyclic amines) is 1. The highest BCUT2D eigenvalue weighted by Gasteiger charge is 2.32. The van der Waals surface area contributed by atoms with E-state index >= 15 is 0 Å². The molecule has 2 saturated heterocycles. The molecule has 5 heteroatoms. The minimum atomic E-state index is 0.785. The maximum atomic E-state index is 5.94. The molecule has 0 radical (unpaired) electrons. The van der Waals surface area contributed by atoms with Gasteiger partial charge in [0, 0.05) is 56.7 Å². The molecular formula is C12H18ClN3S. The van der Waals surface area contributed by atoms with E-state index in [0.29, 0.717) is 0 Å². The number of nitrogens with zero attached hydrogens (tertiary/aromatic N) is 2.